The topological polar surface area (TPSA) is 54.4 Å². The van der Waals surface area contributed by atoms with Crippen molar-refractivity contribution in [3.8, 4) is 0 Å². The summed E-state index contributed by atoms with van der Waals surface area (Å²) in [6.07, 6.45) is 3.97. The number of aromatic carboxylic acids is 1. The number of carboxylic acid groups (broad SMARTS) is 1. The first-order chi connectivity index (χ1) is 11.5. The van der Waals surface area contributed by atoms with Gasteiger partial charge in [-0.25, -0.2) is 4.79 Å². The molecular weight excluding hydrogens is 320 g/mol. The Morgan fingerprint density at radius 3 is 2.50 bits per heavy atom. The van der Waals surface area contributed by atoms with Crippen molar-refractivity contribution in [3.05, 3.63) is 64.7 Å². The first kappa shape index (κ1) is 16.7. The number of hydrogen-bond acceptors (Lipinski definition) is 2. The number of rotatable bonds is 3. The number of hydrogen-bond donors (Lipinski definition) is 1. The third-order valence-electron chi connectivity index (χ3n) is 4.46. The summed E-state index contributed by atoms with van der Waals surface area (Å²) in [7, 11) is -0.902. The quantitative estimate of drug-likeness (QED) is 0.843. The van der Waals surface area contributed by atoms with Crippen molar-refractivity contribution in [2.45, 2.75) is 36.8 Å². The Labute approximate surface area is 144 Å². The highest BCUT2D eigenvalue weighted by Crippen LogP contribution is 2.29. The molecular formula is C20H20O3S. The first-order valence-corrected chi connectivity index (χ1v) is 9.22. The van der Waals surface area contributed by atoms with Gasteiger partial charge in [-0.3, -0.25) is 4.21 Å². The highest BCUT2D eigenvalue weighted by molar-refractivity contribution is 7.85. The van der Waals surface area contributed by atoms with Crippen LogP contribution in [0, 0.1) is 0 Å². The molecule has 0 saturated heterocycles. The second-order valence-electron chi connectivity index (χ2n) is 6.22. The predicted molar refractivity (Wildman–Crippen MR) is 97.6 cm³/mol. The second kappa shape index (κ2) is 6.73. The fourth-order valence-electron chi connectivity index (χ4n) is 2.95. The summed E-state index contributed by atoms with van der Waals surface area (Å²) in [5, 5.41) is 9.18. The van der Waals surface area contributed by atoms with Crippen LogP contribution in [-0.2, 0) is 17.2 Å². The van der Waals surface area contributed by atoms with Gasteiger partial charge in [0.25, 0.3) is 0 Å². The first-order valence-electron chi connectivity index (χ1n) is 8.01. The van der Waals surface area contributed by atoms with Crippen LogP contribution in [0.5, 0.6) is 0 Å². The zero-order chi connectivity index (χ0) is 17.3. The van der Waals surface area contributed by atoms with Gasteiger partial charge >= 0.3 is 5.97 Å². The number of carboxylic acids is 1. The van der Waals surface area contributed by atoms with Crippen LogP contribution in [0.15, 0.2) is 47.4 Å². The average Bonchev–Trinajstić information content (AvgIpc) is 2.58. The van der Waals surface area contributed by atoms with E-state index >= 15 is 0 Å². The van der Waals surface area contributed by atoms with Gasteiger partial charge < -0.3 is 5.11 Å². The lowest BCUT2D eigenvalue weighted by molar-refractivity contribution is 0.0697. The predicted octanol–water partition coefficient (Wildman–Crippen LogP) is 4.39. The minimum Gasteiger partial charge on any atom is -0.478 e. The highest BCUT2D eigenvalue weighted by atomic mass is 32.2. The Kier molecular flexibility index (Phi) is 4.67. The van der Waals surface area contributed by atoms with Gasteiger partial charge in [0.1, 0.15) is 0 Å². The van der Waals surface area contributed by atoms with Gasteiger partial charge in [0.2, 0.25) is 0 Å². The Hall–Kier alpha value is -2.20. The Balaban J connectivity index is 1.88. The van der Waals surface area contributed by atoms with E-state index in [1.54, 1.807) is 12.1 Å². The van der Waals surface area contributed by atoms with Crippen LogP contribution in [-0.4, -0.2) is 20.5 Å². The molecule has 2 aromatic rings. The molecule has 2 atom stereocenters. The molecule has 1 aliphatic rings. The zero-order valence-electron chi connectivity index (χ0n) is 13.8. The van der Waals surface area contributed by atoms with E-state index < -0.39 is 16.8 Å². The summed E-state index contributed by atoms with van der Waals surface area (Å²) in [6, 6.07) is 13.0. The fourth-order valence-corrected chi connectivity index (χ4v) is 4.34. The van der Waals surface area contributed by atoms with Crippen LogP contribution in [0.4, 0.5) is 0 Å². The van der Waals surface area contributed by atoms with Crippen molar-refractivity contribution in [1.82, 2.24) is 0 Å². The molecule has 1 heterocycles. The van der Waals surface area contributed by atoms with Crippen molar-refractivity contribution in [1.29, 1.82) is 0 Å². The fraction of sp³-hybridized carbons (Fsp3) is 0.250. The minimum absolute atomic E-state index is 0.229. The van der Waals surface area contributed by atoms with Gasteiger partial charge in [-0.15, -0.1) is 0 Å². The zero-order valence-corrected chi connectivity index (χ0v) is 14.6. The molecule has 0 bridgehead atoms. The van der Waals surface area contributed by atoms with E-state index in [0.29, 0.717) is 0 Å². The van der Waals surface area contributed by atoms with E-state index in [2.05, 4.69) is 6.07 Å². The lowest BCUT2D eigenvalue weighted by atomic mass is 9.99. The smallest absolute Gasteiger partial charge is 0.335 e. The van der Waals surface area contributed by atoms with Gasteiger partial charge in [0, 0.05) is 10.1 Å². The van der Waals surface area contributed by atoms with Crippen molar-refractivity contribution < 1.29 is 14.1 Å². The molecule has 0 fully saturated rings. The standard InChI is InChI=1S/C20H20O3S/c1-13(11-15-4-7-16(8-5-15)20(21)22)17-9-10-19-18(12-17)6-3-14(2)24(19)23/h4-5,7-12,14H,3,6H2,1-2H3,(H,21,22)/b13-11+. The molecule has 0 radical (unpaired) electrons. The Bertz CT molecular complexity index is 834. The molecule has 2 aromatic carbocycles. The molecule has 2 unspecified atom stereocenters. The Morgan fingerprint density at radius 2 is 1.83 bits per heavy atom. The third kappa shape index (κ3) is 3.34. The summed E-state index contributed by atoms with van der Waals surface area (Å²) in [5.74, 6) is -0.917. The summed E-state index contributed by atoms with van der Waals surface area (Å²) < 4.78 is 12.3. The van der Waals surface area contributed by atoms with Crippen molar-refractivity contribution in [2.24, 2.45) is 0 Å². The summed E-state index contributed by atoms with van der Waals surface area (Å²) in [6.45, 7) is 4.08. The van der Waals surface area contributed by atoms with Gasteiger partial charge in [-0.2, -0.15) is 0 Å². The molecule has 24 heavy (non-hydrogen) atoms. The Morgan fingerprint density at radius 1 is 1.17 bits per heavy atom. The van der Waals surface area contributed by atoms with Crippen molar-refractivity contribution in [3.63, 3.8) is 0 Å². The van der Waals surface area contributed by atoms with Crippen LogP contribution < -0.4 is 0 Å². The maximum absolute atomic E-state index is 12.3. The normalized spacial score (nSPS) is 20.5. The third-order valence-corrected chi connectivity index (χ3v) is 6.26. The van der Waals surface area contributed by atoms with E-state index in [1.807, 2.05) is 44.2 Å². The molecule has 3 rings (SSSR count). The van der Waals surface area contributed by atoms with Crippen LogP contribution in [0.3, 0.4) is 0 Å². The summed E-state index contributed by atoms with van der Waals surface area (Å²) in [4.78, 5) is 11.9. The maximum atomic E-state index is 12.3. The molecule has 0 saturated carbocycles. The molecule has 3 nitrogen and oxygen atoms in total. The minimum atomic E-state index is -0.917. The second-order valence-corrected chi connectivity index (χ2v) is 8.06. The molecule has 0 spiro atoms. The molecule has 4 heteroatoms. The molecule has 124 valence electrons. The van der Waals surface area contributed by atoms with Crippen LogP contribution in [0.1, 0.15) is 47.3 Å². The van der Waals surface area contributed by atoms with E-state index in [0.717, 1.165) is 34.4 Å². The SMILES string of the molecule is C/C(=C\c1ccc(C(=O)O)cc1)c1ccc2c(c1)CCC(C)S2=O. The van der Waals surface area contributed by atoms with Gasteiger partial charge in [-0.1, -0.05) is 37.3 Å². The molecule has 1 N–H and O–H groups in total. The highest BCUT2D eigenvalue weighted by Gasteiger charge is 2.22. The summed E-state index contributed by atoms with van der Waals surface area (Å²) in [5.41, 5.74) is 4.65. The van der Waals surface area contributed by atoms with Crippen LogP contribution >= 0.6 is 0 Å². The number of aryl methyl sites for hydroxylation is 1. The van der Waals surface area contributed by atoms with Crippen LogP contribution in [0.2, 0.25) is 0 Å². The van der Waals surface area contributed by atoms with Gasteiger partial charge in [0.15, 0.2) is 0 Å². The monoisotopic (exact) mass is 340 g/mol. The number of allylic oxidation sites excluding steroid dienone is 1. The molecule has 0 aliphatic carbocycles. The van der Waals surface area contributed by atoms with Crippen LogP contribution in [0.25, 0.3) is 11.6 Å². The maximum Gasteiger partial charge on any atom is 0.335 e. The van der Waals surface area contributed by atoms with Crippen molar-refractivity contribution in [2.75, 3.05) is 0 Å². The van der Waals surface area contributed by atoms with Crippen molar-refractivity contribution >= 4 is 28.4 Å². The van der Waals surface area contributed by atoms with Gasteiger partial charge in [0.05, 0.1) is 16.4 Å². The van der Waals surface area contributed by atoms with E-state index in [-0.39, 0.29) is 10.8 Å². The number of benzene rings is 2. The largest absolute Gasteiger partial charge is 0.478 e. The lowest BCUT2D eigenvalue weighted by Crippen LogP contribution is -2.19. The number of fused-ring (bicyclic) bond motifs is 1. The molecule has 0 amide bonds. The number of carbonyl (C=O) groups is 1. The lowest BCUT2D eigenvalue weighted by Gasteiger charge is -2.21. The van der Waals surface area contributed by atoms with E-state index in [9.17, 15) is 9.00 Å². The molecule has 1 aliphatic heterocycles. The van der Waals surface area contributed by atoms with E-state index in [4.69, 9.17) is 5.11 Å². The average molecular weight is 340 g/mol. The summed E-state index contributed by atoms with van der Waals surface area (Å²) >= 11 is 0. The molecule has 0 aromatic heterocycles. The van der Waals surface area contributed by atoms with Gasteiger partial charge in [-0.05, 0) is 60.2 Å². The van der Waals surface area contributed by atoms with E-state index in [1.165, 1.54) is 5.56 Å².